The Morgan fingerprint density at radius 2 is 2.32 bits per heavy atom. The topological polar surface area (TPSA) is 55.6 Å². The minimum Gasteiger partial charge on any atom is -0.349 e. The highest BCUT2D eigenvalue weighted by Crippen LogP contribution is 2.29. The van der Waals surface area contributed by atoms with Gasteiger partial charge in [0.05, 0.1) is 11.4 Å². The molecule has 3 heterocycles. The van der Waals surface area contributed by atoms with Crippen molar-refractivity contribution in [2.75, 3.05) is 5.32 Å². The molecule has 0 aliphatic rings. The second-order valence-electron chi connectivity index (χ2n) is 4.07. The molecule has 3 aromatic heterocycles. The number of hydrogen-bond acceptors (Lipinski definition) is 6. The third kappa shape index (κ3) is 2.66. The van der Waals surface area contributed by atoms with E-state index in [2.05, 4.69) is 31.8 Å². The van der Waals surface area contributed by atoms with Crippen LogP contribution in [0.3, 0.4) is 0 Å². The number of anilines is 1. The minimum absolute atomic E-state index is 0.717. The van der Waals surface area contributed by atoms with Crippen LogP contribution in [0.1, 0.15) is 10.7 Å². The highest BCUT2D eigenvalue weighted by Gasteiger charge is 2.07. The van der Waals surface area contributed by atoms with Crippen LogP contribution in [-0.2, 0) is 13.6 Å². The number of rotatable bonds is 4. The standard InChI is InChI=1S/C12H13N5S2/c1-8-15-12(17(2)16-8)14-7-9-6-13-11(19-9)10-4-3-5-18-10/h3-6H,7H2,1-2H3,(H,14,15,16). The van der Waals surface area contributed by atoms with Crippen LogP contribution in [0.5, 0.6) is 0 Å². The van der Waals surface area contributed by atoms with Crippen molar-refractivity contribution in [1.29, 1.82) is 0 Å². The van der Waals surface area contributed by atoms with Crippen LogP contribution in [0.15, 0.2) is 23.7 Å². The van der Waals surface area contributed by atoms with E-state index in [4.69, 9.17) is 0 Å². The van der Waals surface area contributed by atoms with E-state index >= 15 is 0 Å². The molecule has 7 heteroatoms. The van der Waals surface area contributed by atoms with Crippen LogP contribution in [0.2, 0.25) is 0 Å². The molecule has 0 atom stereocenters. The van der Waals surface area contributed by atoms with E-state index < -0.39 is 0 Å². The van der Waals surface area contributed by atoms with E-state index in [1.54, 1.807) is 27.4 Å². The molecular formula is C12H13N5S2. The molecule has 0 spiro atoms. The summed E-state index contributed by atoms with van der Waals surface area (Å²) in [4.78, 5) is 11.2. The molecule has 0 fully saturated rings. The summed E-state index contributed by atoms with van der Waals surface area (Å²) < 4.78 is 1.75. The molecule has 0 bridgehead atoms. The lowest BCUT2D eigenvalue weighted by atomic mass is 10.5. The Morgan fingerprint density at radius 3 is 3.00 bits per heavy atom. The number of hydrogen-bond donors (Lipinski definition) is 1. The zero-order valence-electron chi connectivity index (χ0n) is 10.6. The molecule has 0 unspecified atom stereocenters. The quantitative estimate of drug-likeness (QED) is 0.803. The number of aryl methyl sites for hydroxylation is 2. The van der Waals surface area contributed by atoms with Gasteiger partial charge in [-0.3, -0.25) is 0 Å². The molecule has 5 nitrogen and oxygen atoms in total. The lowest BCUT2D eigenvalue weighted by molar-refractivity contribution is 0.758. The highest BCUT2D eigenvalue weighted by atomic mass is 32.1. The third-order valence-electron chi connectivity index (χ3n) is 2.58. The fourth-order valence-corrected chi connectivity index (χ4v) is 3.39. The van der Waals surface area contributed by atoms with Gasteiger partial charge in [0.1, 0.15) is 10.8 Å². The average Bonchev–Trinajstić information content (AvgIpc) is 3.07. The molecule has 0 aliphatic heterocycles. The Kier molecular flexibility index (Phi) is 3.31. The zero-order chi connectivity index (χ0) is 13.2. The number of thiophene rings is 1. The van der Waals surface area contributed by atoms with Gasteiger partial charge in [0.15, 0.2) is 0 Å². The van der Waals surface area contributed by atoms with Crippen LogP contribution < -0.4 is 5.32 Å². The first-order valence-electron chi connectivity index (χ1n) is 5.82. The van der Waals surface area contributed by atoms with Crippen molar-refractivity contribution in [2.45, 2.75) is 13.5 Å². The Bertz CT molecular complexity index is 668. The van der Waals surface area contributed by atoms with Gasteiger partial charge in [-0.05, 0) is 18.4 Å². The molecule has 1 N–H and O–H groups in total. The summed E-state index contributed by atoms with van der Waals surface area (Å²) >= 11 is 3.41. The summed E-state index contributed by atoms with van der Waals surface area (Å²) in [6, 6.07) is 4.13. The van der Waals surface area contributed by atoms with E-state index in [0.29, 0.717) is 0 Å². The molecule has 0 radical (unpaired) electrons. The summed E-state index contributed by atoms with van der Waals surface area (Å²) in [5, 5.41) is 10.6. The summed E-state index contributed by atoms with van der Waals surface area (Å²) in [6.45, 7) is 2.60. The largest absolute Gasteiger partial charge is 0.349 e. The van der Waals surface area contributed by atoms with Gasteiger partial charge in [-0.1, -0.05) is 6.07 Å². The molecule has 0 saturated heterocycles. The third-order valence-corrected chi connectivity index (χ3v) is 4.61. The fourth-order valence-electron chi connectivity index (χ4n) is 1.74. The number of nitrogens with one attached hydrogen (secondary N) is 1. The van der Waals surface area contributed by atoms with Crippen molar-refractivity contribution in [3.05, 3.63) is 34.4 Å². The van der Waals surface area contributed by atoms with Gasteiger partial charge in [0.25, 0.3) is 0 Å². The molecule has 19 heavy (non-hydrogen) atoms. The molecule has 98 valence electrons. The first kappa shape index (κ1) is 12.3. The lowest BCUT2D eigenvalue weighted by Crippen LogP contribution is -2.04. The maximum atomic E-state index is 4.44. The van der Waals surface area contributed by atoms with Crippen LogP contribution in [0.25, 0.3) is 9.88 Å². The normalized spacial score (nSPS) is 10.8. The summed E-state index contributed by atoms with van der Waals surface area (Å²) in [6.07, 6.45) is 1.91. The van der Waals surface area contributed by atoms with Crippen molar-refractivity contribution in [2.24, 2.45) is 7.05 Å². The van der Waals surface area contributed by atoms with E-state index in [1.807, 2.05) is 26.2 Å². The smallest absolute Gasteiger partial charge is 0.221 e. The molecule has 0 saturated carbocycles. The summed E-state index contributed by atoms with van der Waals surface area (Å²) in [7, 11) is 1.88. The van der Waals surface area contributed by atoms with Gasteiger partial charge in [0, 0.05) is 18.1 Å². The number of aromatic nitrogens is 4. The van der Waals surface area contributed by atoms with Crippen molar-refractivity contribution < 1.29 is 0 Å². The second-order valence-corrected chi connectivity index (χ2v) is 6.13. The van der Waals surface area contributed by atoms with Crippen molar-refractivity contribution in [3.63, 3.8) is 0 Å². The summed E-state index contributed by atoms with van der Waals surface area (Å²) in [5.41, 5.74) is 0. The SMILES string of the molecule is Cc1nc(NCc2cnc(-c3cccs3)s2)n(C)n1. The predicted octanol–water partition coefficient (Wildman–Crippen LogP) is 2.92. The molecule has 0 aliphatic carbocycles. The predicted molar refractivity (Wildman–Crippen MR) is 78.5 cm³/mol. The van der Waals surface area contributed by atoms with Gasteiger partial charge in [0.2, 0.25) is 5.95 Å². The average molecular weight is 291 g/mol. The maximum absolute atomic E-state index is 4.44. The van der Waals surface area contributed by atoms with Crippen molar-refractivity contribution in [3.8, 4) is 9.88 Å². The van der Waals surface area contributed by atoms with E-state index in [-0.39, 0.29) is 0 Å². The van der Waals surface area contributed by atoms with E-state index in [1.165, 1.54) is 9.75 Å². The first-order valence-corrected chi connectivity index (χ1v) is 7.52. The molecule has 0 aromatic carbocycles. The van der Waals surface area contributed by atoms with Crippen molar-refractivity contribution in [1.82, 2.24) is 19.7 Å². The molecule has 3 aromatic rings. The van der Waals surface area contributed by atoms with Gasteiger partial charge in [-0.2, -0.15) is 10.1 Å². The van der Waals surface area contributed by atoms with Crippen LogP contribution in [-0.4, -0.2) is 19.7 Å². The van der Waals surface area contributed by atoms with Crippen molar-refractivity contribution >= 4 is 28.6 Å². The Labute approximate surface area is 119 Å². The van der Waals surface area contributed by atoms with Gasteiger partial charge >= 0.3 is 0 Å². The summed E-state index contributed by atoms with van der Waals surface area (Å²) in [5.74, 6) is 1.55. The lowest BCUT2D eigenvalue weighted by Gasteiger charge is -2.01. The number of thiazole rings is 1. The molecule has 0 amide bonds. The highest BCUT2D eigenvalue weighted by molar-refractivity contribution is 7.20. The monoisotopic (exact) mass is 291 g/mol. The van der Waals surface area contributed by atoms with Crippen LogP contribution >= 0.6 is 22.7 Å². The van der Waals surface area contributed by atoms with Crippen LogP contribution in [0, 0.1) is 6.92 Å². The van der Waals surface area contributed by atoms with Gasteiger partial charge in [-0.15, -0.1) is 22.7 Å². The Hall–Kier alpha value is -1.73. The van der Waals surface area contributed by atoms with Gasteiger partial charge < -0.3 is 5.32 Å². The van der Waals surface area contributed by atoms with Crippen LogP contribution in [0.4, 0.5) is 5.95 Å². The first-order chi connectivity index (χ1) is 9.22. The maximum Gasteiger partial charge on any atom is 0.221 e. The minimum atomic E-state index is 0.717. The Balaban J connectivity index is 1.69. The molecular weight excluding hydrogens is 278 g/mol. The fraction of sp³-hybridized carbons (Fsp3) is 0.250. The zero-order valence-corrected chi connectivity index (χ0v) is 12.3. The second kappa shape index (κ2) is 5.10. The number of nitrogens with zero attached hydrogens (tertiary/aromatic N) is 4. The van der Waals surface area contributed by atoms with Gasteiger partial charge in [-0.25, -0.2) is 9.67 Å². The molecule has 3 rings (SSSR count). The Morgan fingerprint density at radius 1 is 1.42 bits per heavy atom. The van der Waals surface area contributed by atoms with E-state index in [0.717, 1.165) is 23.3 Å². The van der Waals surface area contributed by atoms with E-state index in [9.17, 15) is 0 Å².